The van der Waals surface area contributed by atoms with Crippen molar-refractivity contribution < 1.29 is 19.1 Å². The van der Waals surface area contributed by atoms with Crippen LogP contribution < -0.4 is 5.63 Å². The number of phenolic OH excluding ortho intramolecular Hbond substituents is 1. The van der Waals surface area contributed by atoms with Crippen LogP contribution in [0.1, 0.15) is 21.5 Å². The molecule has 0 fully saturated rings. The van der Waals surface area contributed by atoms with Gasteiger partial charge in [-0.3, -0.25) is 0 Å². The average Bonchev–Trinajstić information content (AvgIpc) is 3.24. The standard InChI is InChI=1S/C20H15N3O5/c1-12-16(24)5-4-15-14(9-18(25)28-19(12)15)11-27-20(26)13-3-6-17(21-10-13)23-8-2-7-22-23/h2-10,24H,11H2,1H3. The number of aromatic nitrogens is 3. The Balaban J connectivity index is 1.55. The lowest BCUT2D eigenvalue weighted by molar-refractivity contribution is 0.0473. The molecule has 1 N–H and O–H groups in total. The molecule has 3 heterocycles. The summed E-state index contributed by atoms with van der Waals surface area (Å²) >= 11 is 0. The number of esters is 1. The van der Waals surface area contributed by atoms with Gasteiger partial charge >= 0.3 is 11.6 Å². The highest BCUT2D eigenvalue weighted by atomic mass is 16.5. The summed E-state index contributed by atoms with van der Waals surface area (Å²) in [6, 6.07) is 9.40. The van der Waals surface area contributed by atoms with Crippen molar-refractivity contribution in [2.24, 2.45) is 0 Å². The number of carbonyl (C=O) groups excluding carboxylic acids is 1. The number of ether oxygens (including phenoxy) is 1. The molecule has 140 valence electrons. The topological polar surface area (TPSA) is 107 Å². The molecular formula is C20H15N3O5. The number of pyridine rings is 1. The van der Waals surface area contributed by atoms with E-state index >= 15 is 0 Å². The van der Waals surface area contributed by atoms with Crippen molar-refractivity contribution in [2.45, 2.75) is 13.5 Å². The minimum absolute atomic E-state index is 0.0214. The lowest BCUT2D eigenvalue weighted by atomic mass is 10.1. The van der Waals surface area contributed by atoms with Gasteiger partial charge in [0.1, 0.15) is 17.9 Å². The van der Waals surface area contributed by atoms with Crippen molar-refractivity contribution in [1.82, 2.24) is 14.8 Å². The van der Waals surface area contributed by atoms with E-state index in [2.05, 4.69) is 10.1 Å². The molecule has 28 heavy (non-hydrogen) atoms. The normalized spacial score (nSPS) is 10.9. The largest absolute Gasteiger partial charge is 0.508 e. The van der Waals surface area contributed by atoms with Crippen LogP contribution >= 0.6 is 0 Å². The molecule has 0 bridgehead atoms. The molecule has 0 amide bonds. The van der Waals surface area contributed by atoms with Crippen LogP contribution in [0.3, 0.4) is 0 Å². The molecule has 0 aliphatic carbocycles. The van der Waals surface area contributed by atoms with Crippen LogP contribution in [0.15, 0.2) is 64.2 Å². The Morgan fingerprint density at radius 3 is 2.86 bits per heavy atom. The molecule has 0 radical (unpaired) electrons. The molecule has 1 aromatic carbocycles. The third-order valence-electron chi connectivity index (χ3n) is 4.30. The molecule has 4 aromatic rings. The van der Waals surface area contributed by atoms with Crippen LogP contribution in [0.2, 0.25) is 0 Å². The third kappa shape index (κ3) is 3.23. The number of benzene rings is 1. The Kier molecular flexibility index (Phi) is 4.36. The van der Waals surface area contributed by atoms with Crippen molar-refractivity contribution in [3.63, 3.8) is 0 Å². The second-order valence-corrected chi connectivity index (χ2v) is 6.11. The Morgan fingerprint density at radius 2 is 2.14 bits per heavy atom. The molecule has 0 aliphatic rings. The summed E-state index contributed by atoms with van der Waals surface area (Å²) in [5.74, 6) is 0.0213. The zero-order chi connectivity index (χ0) is 19.7. The summed E-state index contributed by atoms with van der Waals surface area (Å²) in [4.78, 5) is 28.3. The lowest BCUT2D eigenvalue weighted by Gasteiger charge is -2.09. The lowest BCUT2D eigenvalue weighted by Crippen LogP contribution is -2.09. The zero-order valence-corrected chi connectivity index (χ0v) is 14.8. The third-order valence-corrected chi connectivity index (χ3v) is 4.30. The van der Waals surface area contributed by atoms with E-state index in [1.807, 2.05) is 0 Å². The first-order valence-corrected chi connectivity index (χ1v) is 8.41. The van der Waals surface area contributed by atoms with E-state index in [9.17, 15) is 14.7 Å². The number of hydrogen-bond acceptors (Lipinski definition) is 7. The Morgan fingerprint density at radius 1 is 1.29 bits per heavy atom. The first-order chi connectivity index (χ1) is 13.5. The summed E-state index contributed by atoms with van der Waals surface area (Å²) in [6.45, 7) is 1.52. The Hall–Kier alpha value is -3.94. The molecule has 4 rings (SSSR count). The van der Waals surface area contributed by atoms with Crippen molar-refractivity contribution in [1.29, 1.82) is 0 Å². The van der Waals surface area contributed by atoms with E-state index in [1.165, 1.54) is 18.3 Å². The quantitative estimate of drug-likeness (QED) is 0.430. The summed E-state index contributed by atoms with van der Waals surface area (Å²) in [5, 5.41) is 14.5. The average molecular weight is 377 g/mol. The van der Waals surface area contributed by atoms with Gasteiger partial charge in [0.2, 0.25) is 0 Å². The zero-order valence-electron chi connectivity index (χ0n) is 14.8. The fourth-order valence-electron chi connectivity index (χ4n) is 2.81. The maximum Gasteiger partial charge on any atom is 0.340 e. The maximum absolute atomic E-state index is 12.3. The molecule has 8 nitrogen and oxygen atoms in total. The van der Waals surface area contributed by atoms with Crippen molar-refractivity contribution in [3.8, 4) is 11.6 Å². The number of fused-ring (bicyclic) bond motifs is 1. The Labute approximate surface area is 158 Å². The summed E-state index contributed by atoms with van der Waals surface area (Å²) in [5.41, 5.74) is 0.892. The highest BCUT2D eigenvalue weighted by Gasteiger charge is 2.14. The summed E-state index contributed by atoms with van der Waals surface area (Å²) < 4.78 is 12.1. The molecule has 0 saturated heterocycles. The molecule has 0 saturated carbocycles. The van der Waals surface area contributed by atoms with Gasteiger partial charge in [-0.1, -0.05) is 0 Å². The van der Waals surface area contributed by atoms with Crippen LogP contribution in [-0.2, 0) is 11.3 Å². The number of aryl methyl sites for hydroxylation is 1. The van der Waals surface area contributed by atoms with Crippen LogP contribution in [0.4, 0.5) is 0 Å². The van der Waals surface area contributed by atoms with Gasteiger partial charge in [0, 0.05) is 41.2 Å². The van der Waals surface area contributed by atoms with Crippen LogP contribution in [0, 0.1) is 6.92 Å². The summed E-state index contributed by atoms with van der Waals surface area (Å²) in [7, 11) is 0. The monoisotopic (exact) mass is 377 g/mol. The second-order valence-electron chi connectivity index (χ2n) is 6.11. The number of phenols is 1. The van der Waals surface area contributed by atoms with Crippen LogP contribution in [-0.4, -0.2) is 25.8 Å². The van der Waals surface area contributed by atoms with E-state index in [-0.39, 0.29) is 23.5 Å². The van der Waals surface area contributed by atoms with E-state index in [1.54, 1.807) is 48.3 Å². The maximum atomic E-state index is 12.3. The molecule has 8 heteroatoms. The van der Waals surface area contributed by atoms with E-state index in [0.29, 0.717) is 22.3 Å². The van der Waals surface area contributed by atoms with Crippen LogP contribution in [0.25, 0.3) is 16.8 Å². The number of rotatable bonds is 4. The molecular weight excluding hydrogens is 362 g/mol. The number of nitrogens with zero attached hydrogens (tertiary/aromatic N) is 3. The van der Waals surface area contributed by atoms with Gasteiger partial charge in [-0.25, -0.2) is 19.3 Å². The molecule has 0 unspecified atom stereocenters. The van der Waals surface area contributed by atoms with Gasteiger partial charge in [0.15, 0.2) is 5.82 Å². The predicted molar refractivity (Wildman–Crippen MR) is 99.4 cm³/mol. The van der Waals surface area contributed by atoms with Crippen LogP contribution in [0.5, 0.6) is 5.75 Å². The van der Waals surface area contributed by atoms with Gasteiger partial charge in [-0.15, -0.1) is 0 Å². The minimum Gasteiger partial charge on any atom is -0.508 e. The number of aromatic hydroxyl groups is 1. The SMILES string of the molecule is Cc1c(O)ccc2c(COC(=O)c3ccc(-n4cccn4)nc3)cc(=O)oc12. The highest BCUT2D eigenvalue weighted by Crippen LogP contribution is 2.27. The van der Waals surface area contributed by atoms with Gasteiger partial charge in [0.05, 0.1) is 5.56 Å². The second kappa shape index (κ2) is 6.99. The first-order valence-electron chi connectivity index (χ1n) is 8.41. The molecule has 0 atom stereocenters. The predicted octanol–water partition coefficient (Wildman–Crippen LogP) is 2.74. The van der Waals surface area contributed by atoms with Gasteiger partial charge in [-0.2, -0.15) is 5.10 Å². The van der Waals surface area contributed by atoms with Gasteiger partial charge in [-0.05, 0) is 37.3 Å². The summed E-state index contributed by atoms with van der Waals surface area (Å²) in [6.07, 6.45) is 4.78. The fourth-order valence-corrected chi connectivity index (χ4v) is 2.81. The Bertz CT molecular complexity index is 1210. The first kappa shape index (κ1) is 17.5. The molecule has 0 aliphatic heterocycles. The molecule has 0 spiro atoms. The van der Waals surface area contributed by atoms with E-state index in [0.717, 1.165) is 0 Å². The van der Waals surface area contributed by atoms with Gasteiger partial charge in [0.25, 0.3) is 0 Å². The highest BCUT2D eigenvalue weighted by molar-refractivity contribution is 5.89. The van der Waals surface area contributed by atoms with Crippen molar-refractivity contribution >= 4 is 16.9 Å². The minimum atomic E-state index is -0.586. The smallest absolute Gasteiger partial charge is 0.340 e. The van der Waals surface area contributed by atoms with Crippen molar-refractivity contribution in [2.75, 3.05) is 0 Å². The number of carbonyl (C=O) groups is 1. The fraction of sp³-hybridized carbons (Fsp3) is 0.100. The number of hydrogen-bond donors (Lipinski definition) is 1. The van der Waals surface area contributed by atoms with Gasteiger partial charge < -0.3 is 14.3 Å². The van der Waals surface area contributed by atoms with Crippen molar-refractivity contribution in [3.05, 3.63) is 82.1 Å². The van der Waals surface area contributed by atoms with E-state index < -0.39 is 11.6 Å². The van der Waals surface area contributed by atoms with E-state index in [4.69, 9.17) is 9.15 Å². The molecule has 3 aromatic heterocycles.